The molecule has 3 aromatic rings. The number of fused-ring (bicyclic) bond motifs is 1. The van der Waals surface area contributed by atoms with E-state index in [1.165, 1.54) is 32.1 Å². The summed E-state index contributed by atoms with van der Waals surface area (Å²) in [4.78, 5) is 25.7. The van der Waals surface area contributed by atoms with Gasteiger partial charge >= 0.3 is 0 Å². The molecule has 4 N–H and O–H groups in total. The lowest BCUT2D eigenvalue weighted by Crippen LogP contribution is -2.21. The van der Waals surface area contributed by atoms with Crippen LogP contribution in [0.4, 0.5) is 17.6 Å². The topological polar surface area (TPSA) is 129 Å². The van der Waals surface area contributed by atoms with Gasteiger partial charge in [-0.2, -0.15) is 15.1 Å². The van der Waals surface area contributed by atoms with Crippen molar-refractivity contribution in [1.82, 2.24) is 29.3 Å². The molecule has 0 bridgehead atoms. The number of aryl methyl sites for hydroxylation is 2. The predicted octanol–water partition coefficient (Wildman–Crippen LogP) is 2.56. The van der Waals surface area contributed by atoms with Crippen LogP contribution in [0.25, 0.3) is 11.2 Å². The summed E-state index contributed by atoms with van der Waals surface area (Å²) in [7, 11) is 0. The van der Waals surface area contributed by atoms with Crippen molar-refractivity contribution in [2.45, 2.75) is 59.0 Å². The minimum absolute atomic E-state index is 0.0724. The number of amides is 1. The molecule has 0 atom stereocenters. The lowest BCUT2D eigenvalue weighted by atomic mass is 9.89. The number of carbonyl (C=O) groups excluding carboxylic acids is 1. The van der Waals surface area contributed by atoms with Crippen molar-refractivity contribution in [3.63, 3.8) is 0 Å². The predicted molar refractivity (Wildman–Crippen MR) is 116 cm³/mol. The number of nitrogens with zero attached hydrogens (tertiary/aromatic N) is 6. The van der Waals surface area contributed by atoms with E-state index in [0.29, 0.717) is 35.3 Å². The van der Waals surface area contributed by atoms with Crippen LogP contribution < -0.4 is 16.4 Å². The number of anilines is 3. The van der Waals surface area contributed by atoms with Gasteiger partial charge in [0.05, 0.1) is 12.0 Å². The van der Waals surface area contributed by atoms with Gasteiger partial charge in [-0.3, -0.25) is 4.79 Å². The summed E-state index contributed by atoms with van der Waals surface area (Å²) in [6.07, 6.45) is 7.97. The third-order valence-corrected chi connectivity index (χ3v) is 5.55. The molecular formula is C20H29N9O. The van der Waals surface area contributed by atoms with Gasteiger partial charge in [0.2, 0.25) is 11.9 Å². The first-order valence-corrected chi connectivity index (χ1v) is 10.6. The zero-order valence-electron chi connectivity index (χ0n) is 17.6. The monoisotopic (exact) mass is 411 g/mol. The number of aromatic nitrogens is 6. The Morgan fingerprint density at radius 3 is 2.83 bits per heavy atom. The highest BCUT2D eigenvalue weighted by atomic mass is 16.2. The molecule has 0 radical (unpaired) electrons. The first kappa shape index (κ1) is 20.1. The number of imidazole rings is 1. The molecule has 10 nitrogen and oxygen atoms in total. The highest BCUT2D eigenvalue weighted by Gasteiger charge is 2.18. The van der Waals surface area contributed by atoms with Crippen molar-refractivity contribution in [1.29, 1.82) is 0 Å². The largest absolute Gasteiger partial charge is 0.368 e. The van der Waals surface area contributed by atoms with Crippen LogP contribution >= 0.6 is 0 Å². The Labute approximate surface area is 175 Å². The molecule has 3 heterocycles. The maximum atomic E-state index is 12.6. The van der Waals surface area contributed by atoms with Crippen LogP contribution in [-0.4, -0.2) is 41.8 Å². The van der Waals surface area contributed by atoms with E-state index >= 15 is 0 Å². The SMILES string of the molecule is CCn1nc(C)cc1NC(=O)Cn1cnc2c(NCC3CCCCC3)nc(N)nc21. The van der Waals surface area contributed by atoms with Crippen LogP contribution in [0.15, 0.2) is 12.4 Å². The van der Waals surface area contributed by atoms with Crippen molar-refractivity contribution >= 4 is 34.7 Å². The molecule has 0 aliphatic heterocycles. The van der Waals surface area contributed by atoms with Gasteiger partial charge in [0, 0.05) is 19.2 Å². The standard InChI is InChI=1S/C20H29N9O/c1-3-29-15(9-13(2)27-29)24-16(30)11-28-12-23-17-18(25-20(21)26-19(17)28)22-10-14-7-5-4-6-8-14/h9,12,14H,3-8,10-11H2,1-2H3,(H,24,30)(H3,21,22,25,26). The van der Waals surface area contributed by atoms with Gasteiger partial charge in [0.15, 0.2) is 17.0 Å². The normalized spacial score (nSPS) is 14.9. The zero-order valence-corrected chi connectivity index (χ0v) is 17.6. The Morgan fingerprint density at radius 2 is 2.07 bits per heavy atom. The van der Waals surface area contributed by atoms with E-state index in [4.69, 9.17) is 5.73 Å². The van der Waals surface area contributed by atoms with Gasteiger partial charge in [-0.1, -0.05) is 19.3 Å². The summed E-state index contributed by atoms with van der Waals surface area (Å²) >= 11 is 0. The Bertz CT molecular complexity index is 1030. The highest BCUT2D eigenvalue weighted by molar-refractivity contribution is 5.91. The minimum Gasteiger partial charge on any atom is -0.368 e. The smallest absolute Gasteiger partial charge is 0.245 e. The number of nitrogen functional groups attached to an aromatic ring is 1. The molecule has 30 heavy (non-hydrogen) atoms. The van der Waals surface area contributed by atoms with Crippen LogP contribution in [0, 0.1) is 12.8 Å². The molecule has 0 saturated heterocycles. The van der Waals surface area contributed by atoms with E-state index in [1.807, 2.05) is 19.9 Å². The zero-order chi connectivity index (χ0) is 21.1. The van der Waals surface area contributed by atoms with Crippen LogP contribution in [0.3, 0.4) is 0 Å². The number of nitrogens with one attached hydrogen (secondary N) is 2. The van der Waals surface area contributed by atoms with E-state index in [0.717, 1.165) is 12.2 Å². The molecule has 4 rings (SSSR count). The fourth-order valence-electron chi connectivity index (χ4n) is 4.06. The molecule has 0 spiro atoms. The van der Waals surface area contributed by atoms with Gasteiger partial charge < -0.3 is 20.9 Å². The Kier molecular flexibility index (Phi) is 5.82. The van der Waals surface area contributed by atoms with Crippen molar-refractivity contribution in [2.24, 2.45) is 5.92 Å². The summed E-state index contributed by atoms with van der Waals surface area (Å²) in [5.74, 6) is 1.92. The van der Waals surface area contributed by atoms with Crippen molar-refractivity contribution in [2.75, 3.05) is 22.9 Å². The van der Waals surface area contributed by atoms with Gasteiger partial charge in [-0.15, -0.1) is 0 Å². The van der Waals surface area contributed by atoms with E-state index in [2.05, 4.69) is 30.7 Å². The van der Waals surface area contributed by atoms with Gasteiger partial charge in [-0.25, -0.2) is 9.67 Å². The fraction of sp³-hybridized carbons (Fsp3) is 0.550. The molecular weight excluding hydrogens is 382 g/mol. The summed E-state index contributed by atoms with van der Waals surface area (Å²) in [6, 6.07) is 1.85. The second kappa shape index (κ2) is 8.68. The average molecular weight is 412 g/mol. The Hall–Kier alpha value is -3.17. The maximum Gasteiger partial charge on any atom is 0.245 e. The van der Waals surface area contributed by atoms with Gasteiger partial charge in [-0.05, 0) is 32.6 Å². The molecule has 0 unspecified atom stereocenters. The molecule has 160 valence electrons. The molecule has 1 fully saturated rings. The lowest BCUT2D eigenvalue weighted by molar-refractivity contribution is -0.116. The minimum atomic E-state index is -0.183. The summed E-state index contributed by atoms with van der Waals surface area (Å²) in [5.41, 5.74) is 7.97. The molecule has 1 aliphatic rings. The quantitative estimate of drug-likeness (QED) is 0.545. The average Bonchev–Trinajstić information content (AvgIpc) is 3.29. The number of hydrogen-bond acceptors (Lipinski definition) is 7. The summed E-state index contributed by atoms with van der Waals surface area (Å²) < 4.78 is 3.45. The van der Waals surface area contributed by atoms with E-state index in [9.17, 15) is 4.79 Å². The third-order valence-electron chi connectivity index (χ3n) is 5.55. The molecule has 1 aliphatic carbocycles. The van der Waals surface area contributed by atoms with Crippen molar-refractivity contribution in [3.05, 3.63) is 18.1 Å². The van der Waals surface area contributed by atoms with Crippen LogP contribution in [0.2, 0.25) is 0 Å². The first-order chi connectivity index (χ1) is 14.5. The van der Waals surface area contributed by atoms with Crippen LogP contribution in [0.5, 0.6) is 0 Å². The van der Waals surface area contributed by atoms with E-state index < -0.39 is 0 Å². The lowest BCUT2D eigenvalue weighted by Gasteiger charge is -2.22. The molecule has 1 amide bonds. The maximum absolute atomic E-state index is 12.6. The Morgan fingerprint density at radius 1 is 1.27 bits per heavy atom. The number of nitrogens with two attached hydrogens (primary N) is 1. The van der Waals surface area contributed by atoms with Crippen LogP contribution in [-0.2, 0) is 17.9 Å². The van der Waals surface area contributed by atoms with E-state index in [1.54, 1.807) is 15.6 Å². The van der Waals surface area contributed by atoms with Crippen molar-refractivity contribution in [3.8, 4) is 0 Å². The second-order valence-corrected chi connectivity index (χ2v) is 7.89. The fourth-order valence-corrected chi connectivity index (χ4v) is 4.06. The Balaban J connectivity index is 1.49. The highest BCUT2D eigenvalue weighted by Crippen LogP contribution is 2.25. The van der Waals surface area contributed by atoms with Gasteiger partial charge in [0.25, 0.3) is 0 Å². The van der Waals surface area contributed by atoms with Gasteiger partial charge in [0.1, 0.15) is 12.4 Å². The summed E-state index contributed by atoms with van der Waals surface area (Å²) in [5, 5.41) is 10.7. The second-order valence-electron chi connectivity index (χ2n) is 7.89. The summed E-state index contributed by atoms with van der Waals surface area (Å²) in [6.45, 7) is 5.47. The molecule has 1 saturated carbocycles. The molecule has 3 aromatic heterocycles. The van der Waals surface area contributed by atoms with Crippen LogP contribution in [0.1, 0.15) is 44.7 Å². The van der Waals surface area contributed by atoms with Crippen molar-refractivity contribution < 1.29 is 4.79 Å². The molecule has 0 aromatic carbocycles. The number of hydrogen-bond donors (Lipinski definition) is 3. The number of rotatable bonds is 7. The molecule has 10 heteroatoms. The number of carbonyl (C=O) groups is 1. The third kappa shape index (κ3) is 4.37. The first-order valence-electron chi connectivity index (χ1n) is 10.6. The van der Waals surface area contributed by atoms with E-state index in [-0.39, 0.29) is 18.4 Å².